The van der Waals surface area contributed by atoms with E-state index < -0.39 is 0 Å². The van der Waals surface area contributed by atoms with Crippen molar-refractivity contribution >= 4 is 47.4 Å². The van der Waals surface area contributed by atoms with Crippen molar-refractivity contribution in [2.45, 2.75) is 13.3 Å². The molecule has 1 aliphatic rings. The molecule has 7 heteroatoms. The van der Waals surface area contributed by atoms with Crippen LogP contribution >= 0.6 is 35.6 Å². The summed E-state index contributed by atoms with van der Waals surface area (Å²) in [5.41, 5.74) is 6.82. The number of nitrogens with two attached hydrogens (primary N) is 1. The molecule has 0 unspecified atom stereocenters. The predicted molar refractivity (Wildman–Crippen MR) is 101 cm³/mol. The molecule has 5 nitrogen and oxygen atoms in total. The van der Waals surface area contributed by atoms with E-state index in [1.54, 1.807) is 0 Å². The summed E-state index contributed by atoms with van der Waals surface area (Å²) >= 11 is 5.94. The van der Waals surface area contributed by atoms with Crippen molar-refractivity contribution in [2.75, 3.05) is 32.7 Å². The highest BCUT2D eigenvalue weighted by atomic mass is 127. The Hall–Kier alpha value is -1.02. The molecule has 1 saturated heterocycles. The Morgan fingerprint density at radius 3 is 2.50 bits per heavy atom. The minimum atomic E-state index is 0. The van der Waals surface area contributed by atoms with E-state index in [0.717, 1.165) is 18.7 Å². The highest BCUT2D eigenvalue weighted by molar-refractivity contribution is 14.0. The maximum absolute atomic E-state index is 12.3. The van der Waals surface area contributed by atoms with E-state index in [9.17, 15) is 4.79 Å². The molecule has 1 amide bonds. The van der Waals surface area contributed by atoms with Gasteiger partial charge in [-0.05, 0) is 24.6 Å². The molecule has 0 bridgehead atoms. The standard InChI is InChI=1S/C15H21ClN4O.HI/c1-2-18-15(17)20-8-6-19(7-9-20)14(21)11-12-4-3-5-13(16)10-12;/h3-5,10H,2,6-9,11H2,1H3,(H2,17,18);1H. The Morgan fingerprint density at radius 2 is 1.91 bits per heavy atom. The van der Waals surface area contributed by atoms with Crippen LogP contribution in [-0.4, -0.2) is 54.4 Å². The average molecular weight is 437 g/mol. The summed E-state index contributed by atoms with van der Waals surface area (Å²) < 4.78 is 0. The van der Waals surface area contributed by atoms with Gasteiger partial charge in [-0.3, -0.25) is 9.79 Å². The van der Waals surface area contributed by atoms with Crippen LogP contribution in [0, 0.1) is 0 Å². The van der Waals surface area contributed by atoms with Gasteiger partial charge in [-0.15, -0.1) is 24.0 Å². The second kappa shape index (κ2) is 9.19. The largest absolute Gasteiger partial charge is 0.370 e. The van der Waals surface area contributed by atoms with Gasteiger partial charge in [0, 0.05) is 37.7 Å². The van der Waals surface area contributed by atoms with E-state index in [1.165, 1.54) is 0 Å². The van der Waals surface area contributed by atoms with Gasteiger partial charge in [-0.25, -0.2) is 0 Å². The lowest BCUT2D eigenvalue weighted by Crippen LogP contribution is -2.53. The van der Waals surface area contributed by atoms with Crippen LogP contribution in [0.15, 0.2) is 29.3 Å². The number of benzene rings is 1. The fourth-order valence-electron chi connectivity index (χ4n) is 2.38. The SMILES string of the molecule is CCN=C(N)N1CCN(C(=O)Cc2cccc(Cl)c2)CC1.I. The number of hydrogen-bond donors (Lipinski definition) is 1. The normalized spacial score (nSPS) is 15.5. The van der Waals surface area contributed by atoms with Crippen molar-refractivity contribution in [3.63, 3.8) is 0 Å². The molecule has 2 rings (SSSR count). The quantitative estimate of drug-likeness (QED) is 0.448. The first-order valence-corrected chi connectivity index (χ1v) is 7.55. The van der Waals surface area contributed by atoms with Gasteiger partial charge in [0.25, 0.3) is 0 Å². The van der Waals surface area contributed by atoms with Crippen LogP contribution in [0.3, 0.4) is 0 Å². The third kappa shape index (κ3) is 5.31. The molecular weight excluding hydrogens is 415 g/mol. The van der Waals surface area contributed by atoms with Gasteiger partial charge in [-0.1, -0.05) is 23.7 Å². The second-order valence-electron chi connectivity index (χ2n) is 5.01. The van der Waals surface area contributed by atoms with Crippen molar-refractivity contribution in [3.8, 4) is 0 Å². The molecule has 1 aromatic carbocycles. The molecule has 0 atom stereocenters. The molecule has 22 heavy (non-hydrogen) atoms. The van der Waals surface area contributed by atoms with E-state index in [-0.39, 0.29) is 29.9 Å². The third-order valence-corrected chi connectivity index (χ3v) is 3.76. The number of carbonyl (C=O) groups excluding carboxylic acids is 1. The minimum absolute atomic E-state index is 0. The van der Waals surface area contributed by atoms with Crippen molar-refractivity contribution in [1.29, 1.82) is 0 Å². The number of halogens is 2. The summed E-state index contributed by atoms with van der Waals surface area (Å²) in [5.74, 6) is 0.697. The summed E-state index contributed by atoms with van der Waals surface area (Å²) in [6.07, 6.45) is 0.388. The van der Waals surface area contributed by atoms with E-state index in [0.29, 0.717) is 37.0 Å². The van der Waals surface area contributed by atoms with Crippen LogP contribution in [-0.2, 0) is 11.2 Å². The number of rotatable bonds is 3. The highest BCUT2D eigenvalue weighted by Gasteiger charge is 2.22. The fourth-order valence-corrected chi connectivity index (χ4v) is 2.59. The van der Waals surface area contributed by atoms with E-state index in [2.05, 4.69) is 4.99 Å². The topological polar surface area (TPSA) is 61.9 Å². The van der Waals surface area contributed by atoms with Crippen molar-refractivity contribution < 1.29 is 4.79 Å². The first-order chi connectivity index (χ1) is 10.1. The summed E-state index contributed by atoms with van der Waals surface area (Å²) in [6.45, 7) is 5.46. The molecule has 0 radical (unpaired) electrons. The molecule has 1 aromatic rings. The fraction of sp³-hybridized carbons (Fsp3) is 0.467. The van der Waals surface area contributed by atoms with Crippen LogP contribution in [0.4, 0.5) is 0 Å². The van der Waals surface area contributed by atoms with Crippen LogP contribution in [0.1, 0.15) is 12.5 Å². The number of amides is 1. The van der Waals surface area contributed by atoms with Crippen molar-refractivity contribution in [1.82, 2.24) is 9.80 Å². The molecule has 0 aliphatic carbocycles. The third-order valence-electron chi connectivity index (χ3n) is 3.52. The zero-order valence-corrected chi connectivity index (χ0v) is 15.8. The Labute approximate surface area is 153 Å². The lowest BCUT2D eigenvalue weighted by molar-refractivity contribution is -0.131. The number of piperazine rings is 1. The molecule has 0 aromatic heterocycles. The van der Waals surface area contributed by atoms with Crippen LogP contribution in [0.25, 0.3) is 0 Å². The average Bonchev–Trinajstić information content (AvgIpc) is 2.47. The molecule has 1 fully saturated rings. The first kappa shape index (κ1) is 19.0. The van der Waals surface area contributed by atoms with Gasteiger partial charge in [0.2, 0.25) is 5.91 Å². The van der Waals surface area contributed by atoms with Crippen molar-refractivity contribution in [3.05, 3.63) is 34.9 Å². The first-order valence-electron chi connectivity index (χ1n) is 7.17. The number of carbonyl (C=O) groups is 1. The molecule has 0 spiro atoms. The highest BCUT2D eigenvalue weighted by Crippen LogP contribution is 2.12. The molecular formula is C15H22ClIN4O. The summed E-state index contributed by atoms with van der Waals surface area (Å²) in [5, 5.41) is 0.661. The summed E-state index contributed by atoms with van der Waals surface area (Å²) in [6, 6.07) is 7.43. The van der Waals surface area contributed by atoms with Crippen LogP contribution in [0.2, 0.25) is 5.02 Å². The van der Waals surface area contributed by atoms with Gasteiger partial charge < -0.3 is 15.5 Å². The number of aliphatic imine (C=N–C) groups is 1. The van der Waals surface area contributed by atoms with Crippen LogP contribution < -0.4 is 5.73 Å². The van der Waals surface area contributed by atoms with Gasteiger partial charge in [0.15, 0.2) is 5.96 Å². The Bertz CT molecular complexity index is 530. The summed E-state index contributed by atoms with van der Waals surface area (Å²) in [7, 11) is 0. The Balaban J connectivity index is 0.00000242. The second-order valence-corrected chi connectivity index (χ2v) is 5.44. The molecule has 0 saturated carbocycles. The lowest BCUT2D eigenvalue weighted by Gasteiger charge is -2.35. The van der Waals surface area contributed by atoms with Gasteiger partial charge in [0.05, 0.1) is 6.42 Å². The number of guanidine groups is 1. The number of nitrogens with zero attached hydrogens (tertiary/aromatic N) is 3. The van der Waals surface area contributed by atoms with E-state index >= 15 is 0 Å². The van der Waals surface area contributed by atoms with Crippen LogP contribution in [0.5, 0.6) is 0 Å². The Kier molecular flexibility index (Phi) is 7.95. The maximum atomic E-state index is 12.3. The molecule has 1 aliphatic heterocycles. The maximum Gasteiger partial charge on any atom is 0.227 e. The molecule has 2 N–H and O–H groups in total. The zero-order valence-electron chi connectivity index (χ0n) is 12.7. The van der Waals surface area contributed by atoms with Gasteiger partial charge >= 0.3 is 0 Å². The molecule has 1 heterocycles. The predicted octanol–water partition coefficient (Wildman–Crippen LogP) is 1.98. The van der Waals surface area contributed by atoms with E-state index in [4.69, 9.17) is 17.3 Å². The monoisotopic (exact) mass is 436 g/mol. The number of hydrogen-bond acceptors (Lipinski definition) is 2. The van der Waals surface area contributed by atoms with Crippen molar-refractivity contribution in [2.24, 2.45) is 10.7 Å². The van der Waals surface area contributed by atoms with Gasteiger partial charge in [-0.2, -0.15) is 0 Å². The minimum Gasteiger partial charge on any atom is -0.370 e. The lowest BCUT2D eigenvalue weighted by atomic mass is 10.1. The zero-order chi connectivity index (χ0) is 15.2. The van der Waals surface area contributed by atoms with E-state index in [1.807, 2.05) is 41.0 Å². The molecule has 122 valence electrons. The Morgan fingerprint density at radius 1 is 1.27 bits per heavy atom. The summed E-state index contributed by atoms with van der Waals surface area (Å²) in [4.78, 5) is 20.4. The smallest absolute Gasteiger partial charge is 0.227 e. The van der Waals surface area contributed by atoms with Gasteiger partial charge in [0.1, 0.15) is 0 Å².